The highest BCUT2D eigenvalue weighted by Gasteiger charge is 2.30. The van der Waals surface area contributed by atoms with Crippen molar-refractivity contribution in [1.29, 1.82) is 0 Å². The number of hydrogen-bond acceptors (Lipinski definition) is 5. The van der Waals surface area contributed by atoms with Crippen molar-refractivity contribution in [3.63, 3.8) is 0 Å². The average Bonchev–Trinajstić information content (AvgIpc) is 3.51. The zero-order valence-electron chi connectivity index (χ0n) is 22.2. The number of nitrogens with zero attached hydrogens (tertiary/aromatic N) is 1. The molecule has 0 radical (unpaired) electrons. The van der Waals surface area contributed by atoms with E-state index in [2.05, 4.69) is 45.6 Å². The fourth-order valence-electron chi connectivity index (χ4n) is 4.39. The molecule has 194 valence electrons. The molecule has 1 fully saturated rings. The first kappa shape index (κ1) is 27.9. The van der Waals surface area contributed by atoms with E-state index in [1.807, 2.05) is 23.3 Å². The van der Waals surface area contributed by atoms with Gasteiger partial charge in [0.05, 0.1) is 35.5 Å². The van der Waals surface area contributed by atoms with Gasteiger partial charge >= 0.3 is 0 Å². The molecule has 1 N–H and O–H groups in total. The van der Waals surface area contributed by atoms with E-state index >= 15 is 0 Å². The molecular weight excluding hydrogens is 458 g/mol. The number of carbonyl (C=O) groups is 1. The van der Waals surface area contributed by atoms with Gasteiger partial charge in [-0.1, -0.05) is 30.4 Å². The first-order valence-electron chi connectivity index (χ1n) is 13.1. The minimum atomic E-state index is -0.889. The van der Waals surface area contributed by atoms with Crippen molar-refractivity contribution in [2.75, 3.05) is 31.3 Å². The van der Waals surface area contributed by atoms with Crippen molar-refractivity contribution < 1.29 is 19.4 Å². The van der Waals surface area contributed by atoms with Gasteiger partial charge in [-0.2, -0.15) is 0 Å². The minimum Gasteiger partial charge on any atom is -0.387 e. The van der Waals surface area contributed by atoms with E-state index in [4.69, 9.17) is 9.47 Å². The van der Waals surface area contributed by atoms with Crippen molar-refractivity contribution >= 4 is 22.9 Å². The molecule has 2 heterocycles. The predicted molar refractivity (Wildman–Crippen MR) is 144 cm³/mol. The summed E-state index contributed by atoms with van der Waals surface area (Å²) < 4.78 is 11.3. The number of aliphatic hydroxyl groups is 1. The summed E-state index contributed by atoms with van der Waals surface area (Å²) in [7, 11) is 0. The monoisotopic (exact) mass is 501 g/mol. The van der Waals surface area contributed by atoms with Crippen LogP contribution in [0, 0.1) is 23.2 Å². The molecule has 1 aromatic heterocycles. The number of hydrogen-bond donors (Lipinski definition) is 1. The van der Waals surface area contributed by atoms with Crippen molar-refractivity contribution in [3.05, 3.63) is 28.0 Å². The van der Waals surface area contributed by atoms with E-state index in [0.29, 0.717) is 39.0 Å². The molecule has 0 saturated carbocycles. The van der Waals surface area contributed by atoms with Crippen LogP contribution in [0.15, 0.2) is 23.1 Å². The second-order valence-corrected chi connectivity index (χ2v) is 12.1. The summed E-state index contributed by atoms with van der Waals surface area (Å²) in [6.45, 7) is 12.7. The quantitative estimate of drug-likeness (QED) is 0.318. The lowest BCUT2D eigenvalue weighted by atomic mass is 9.89. The highest BCUT2D eigenvalue weighted by atomic mass is 32.1. The van der Waals surface area contributed by atoms with Crippen LogP contribution in [-0.2, 0) is 14.3 Å². The van der Waals surface area contributed by atoms with Gasteiger partial charge in [0, 0.05) is 29.9 Å². The number of amides is 1. The molecule has 1 saturated heterocycles. The van der Waals surface area contributed by atoms with Crippen LogP contribution in [0.2, 0.25) is 0 Å². The second-order valence-electron chi connectivity index (χ2n) is 11.2. The van der Waals surface area contributed by atoms with Crippen LogP contribution < -0.4 is 4.90 Å². The highest BCUT2D eigenvalue weighted by Crippen LogP contribution is 2.31. The summed E-state index contributed by atoms with van der Waals surface area (Å²) in [6, 6.07) is 2.04. The maximum absolute atomic E-state index is 13.6. The van der Waals surface area contributed by atoms with E-state index in [9.17, 15) is 9.90 Å². The maximum atomic E-state index is 13.6. The number of thiophene rings is 1. The van der Waals surface area contributed by atoms with Gasteiger partial charge in [-0.3, -0.25) is 4.79 Å². The molecule has 1 aliphatic heterocycles. The zero-order valence-corrected chi connectivity index (χ0v) is 23.0. The van der Waals surface area contributed by atoms with E-state index in [1.54, 1.807) is 11.3 Å². The smallest absolute Gasteiger partial charge is 0.230 e. The molecule has 1 amide bonds. The van der Waals surface area contributed by atoms with Gasteiger partial charge in [0.1, 0.15) is 0 Å². The number of rotatable bonds is 10. The topological polar surface area (TPSA) is 59.0 Å². The van der Waals surface area contributed by atoms with Crippen molar-refractivity contribution in [2.45, 2.75) is 91.3 Å². The molecule has 3 unspecified atom stereocenters. The van der Waals surface area contributed by atoms with Crippen LogP contribution in [0.3, 0.4) is 0 Å². The SMILES string of the molecule is CCC(O)(CCCN(C(=O)C1CC=C(C)CC1)c1csc(C#CC(C)(C)C)c1)COC1CCOC1. The van der Waals surface area contributed by atoms with Gasteiger partial charge in [-0.25, -0.2) is 0 Å². The van der Waals surface area contributed by atoms with Crippen LogP contribution in [0.25, 0.3) is 0 Å². The van der Waals surface area contributed by atoms with Crippen LogP contribution >= 0.6 is 11.3 Å². The summed E-state index contributed by atoms with van der Waals surface area (Å²) in [5.74, 6) is 6.75. The predicted octanol–water partition coefficient (Wildman–Crippen LogP) is 5.95. The third-order valence-electron chi connectivity index (χ3n) is 6.87. The molecule has 6 heteroatoms. The van der Waals surface area contributed by atoms with Gasteiger partial charge in [0.2, 0.25) is 5.91 Å². The zero-order chi connectivity index (χ0) is 25.5. The number of anilines is 1. The lowest BCUT2D eigenvalue weighted by Gasteiger charge is -2.31. The fourth-order valence-corrected chi connectivity index (χ4v) is 5.14. The first-order chi connectivity index (χ1) is 16.6. The molecule has 5 nitrogen and oxygen atoms in total. The Labute approximate surface area is 215 Å². The lowest BCUT2D eigenvalue weighted by Crippen LogP contribution is -2.40. The molecular formula is C29H43NO4S. The van der Waals surface area contributed by atoms with Gasteiger partial charge in [-0.05, 0) is 78.7 Å². The summed E-state index contributed by atoms with van der Waals surface area (Å²) in [5, 5.41) is 13.2. The molecule has 2 aliphatic rings. The minimum absolute atomic E-state index is 0.0125. The van der Waals surface area contributed by atoms with Crippen LogP contribution in [-0.4, -0.2) is 49.1 Å². The Morgan fingerprint density at radius 1 is 1.34 bits per heavy atom. The van der Waals surface area contributed by atoms with Crippen LogP contribution in [0.5, 0.6) is 0 Å². The maximum Gasteiger partial charge on any atom is 0.230 e. The van der Waals surface area contributed by atoms with Gasteiger partial charge in [0.15, 0.2) is 0 Å². The molecule has 0 aromatic carbocycles. The van der Waals surface area contributed by atoms with Crippen molar-refractivity contribution in [1.82, 2.24) is 0 Å². The largest absolute Gasteiger partial charge is 0.387 e. The summed E-state index contributed by atoms with van der Waals surface area (Å²) in [4.78, 5) is 16.5. The number of allylic oxidation sites excluding steroid dienone is 2. The van der Waals surface area contributed by atoms with Crippen molar-refractivity contribution in [2.24, 2.45) is 11.3 Å². The van der Waals surface area contributed by atoms with Gasteiger partial charge in [0.25, 0.3) is 0 Å². The molecule has 3 atom stereocenters. The highest BCUT2D eigenvalue weighted by molar-refractivity contribution is 7.11. The Morgan fingerprint density at radius 2 is 2.14 bits per heavy atom. The Bertz CT molecular complexity index is 928. The van der Waals surface area contributed by atoms with E-state index < -0.39 is 5.60 Å². The summed E-state index contributed by atoms with van der Waals surface area (Å²) in [6.07, 6.45) is 7.76. The fraction of sp³-hybridized carbons (Fsp3) is 0.690. The Kier molecular flexibility index (Phi) is 10.0. The number of carbonyl (C=O) groups excluding carboxylic acids is 1. The normalized spacial score (nSPS) is 22.2. The third-order valence-corrected chi connectivity index (χ3v) is 7.70. The third kappa shape index (κ3) is 8.75. The summed E-state index contributed by atoms with van der Waals surface area (Å²) >= 11 is 1.59. The van der Waals surface area contributed by atoms with Crippen LogP contribution in [0.4, 0.5) is 5.69 Å². The molecule has 1 aromatic rings. The molecule has 0 bridgehead atoms. The molecule has 35 heavy (non-hydrogen) atoms. The van der Waals surface area contributed by atoms with Gasteiger partial charge in [-0.15, -0.1) is 11.3 Å². The summed E-state index contributed by atoms with van der Waals surface area (Å²) in [5.41, 5.74) is 1.34. The van der Waals surface area contributed by atoms with Crippen LogP contribution in [0.1, 0.15) is 84.4 Å². The Morgan fingerprint density at radius 3 is 2.77 bits per heavy atom. The van der Waals surface area contributed by atoms with E-state index in [0.717, 1.165) is 42.9 Å². The number of ether oxygens (including phenoxy) is 2. The average molecular weight is 502 g/mol. The van der Waals surface area contributed by atoms with Crippen molar-refractivity contribution in [3.8, 4) is 11.8 Å². The second kappa shape index (κ2) is 12.5. The Hall–Kier alpha value is -1.65. The van der Waals surface area contributed by atoms with Gasteiger partial charge < -0.3 is 19.5 Å². The molecule has 3 rings (SSSR count). The van der Waals surface area contributed by atoms with E-state index in [-0.39, 0.29) is 23.3 Å². The standard InChI is InChI=1S/C29H43NO4S/c1-6-29(32,21-34-25-13-17-33-19-25)14-7-16-30(27(31)23-10-8-22(2)9-11-23)24-18-26(35-20-24)12-15-28(3,4)5/h8,18,20,23,25,32H,6-7,9-11,13-14,16-17,19,21H2,1-5H3. The lowest BCUT2D eigenvalue weighted by molar-refractivity contribution is -0.122. The first-order valence-corrected chi connectivity index (χ1v) is 14.0. The molecule has 0 spiro atoms. The van der Waals surface area contributed by atoms with E-state index in [1.165, 1.54) is 5.57 Å². The Balaban J connectivity index is 1.68. The molecule has 1 aliphatic carbocycles.